The molecule has 0 aliphatic carbocycles. The summed E-state index contributed by atoms with van der Waals surface area (Å²) in [6.45, 7) is 1.99. The van der Waals surface area contributed by atoms with Gasteiger partial charge in [0.05, 0.1) is 16.6 Å². The average molecular weight is 322 g/mol. The van der Waals surface area contributed by atoms with Gasteiger partial charge in [0.25, 0.3) is 5.56 Å². The molecule has 0 amide bonds. The quantitative estimate of drug-likeness (QED) is 0.532. The Kier molecular flexibility index (Phi) is 3.20. The molecule has 114 valence electrons. The SMILES string of the molecule is CSc1nnc2n(-c3ccccc3C)c(=O)c3ccccc3n12. The molecular weight excluding hydrogens is 308 g/mol. The zero-order valence-corrected chi connectivity index (χ0v) is 13.5. The molecule has 4 rings (SSSR count). The van der Waals surface area contributed by atoms with E-state index in [0.717, 1.165) is 21.9 Å². The number of benzene rings is 2. The number of rotatable bonds is 2. The van der Waals surface area contributed by atoms with Crippen LogP contribution in [-0.2, 0) is 0 Å². The fourth-order valence-corrected chi connectivity index (χ4v) is 3.33. The average Bonchev–Trinajstić information content (AvgIpc) is 3.00. The highest BCUT2D eigenvalue weighted by atomic mass is 32.2. The predicted octanol–water partition coefficient (Wildman–Crippen LogP) is 3.06. The molecule has 0 atom stereocenters. The van der Waals surface area contributed by atoms with Gasteiger partial charge in [0.15, 0.2) is 5.16 Å². The van der Waals surface area contributed by atoms with E-state index in [2.05, 4.69) is 10.2 Å². The highest BCUT2D eigenvalue weighted by Crippen LogP contribution is 2.22. The maximum Gasteiger partial charge on any atom is 0.267 e. The summed E-state index contributed by atoms with van der Waals surface area (Å²) in [6, 6.07) is 15.4. The van der Waals surface area contributed by atoms with Crippen LogP contribution >= 0.6 is 11.8 Å². The largest absolute Gasteiger partial charge is 0.268 e. The summed E-state index contributed by atoms with van der Waals surface area (Å²) in [7, 11) is 0. The van der Waals surface area contributed by atoms with Crippen LogP contribution in [0.2, 0.25) is 0 Å². The Morgan fingerprint density at radius 3 is 2.52 bits per heavy atom. The maximum absolute atomic E-state index is 13.1. The molecule has 0 saturated carbocycles. The number of hydrogen-bond donors (Lipinski definition) is 0. The van der Waals surface area contributed by atoms with Crippen LogP contribution in [0.3, 0.4) is 0 Å². The van der Waals surface area contributed by atoms with Crippen LogP contribution in [0, 0.1) is 6.92 Å². The van der Waals surface area contributed by atoms with Gasteiger partial charge in [-0.3, -0.25) is 9.20 Å². The summed E-state index contributed by atoms with van der Waals surface area (Å²) in [5.74, 6) is 0.535. The summed E-state index contributed by atoms with van der Waals surface area (Å²) in [5, 5.41) is 9.92. The van der Waals surface area contributed by atoms with Crippen molar-refractivity contribution in [3.63, 3.8) is 0 Å². The van der Waals surface area contributed by atoms with Crippen LogP contribution in [0.5, 0.6) is 0 Å². The number of aromatic nitrogens is 4. The molecule has 0 aliphatic rings. The Hall–Kier alpha value is -2.60. The molecule has 23 heavy (non-hydrogen) atoms. The Morgan fingerprint density at radius 1 is 1.00 bits per heavy atom. The van der Waals surface area contributed by atoms with Gasteiger partial charge in [-0.1, -0.05) is 42.1 Å². The van der Waals surface area contributed by atoms with Crippen LogP contribution in [0.25, 0.3) is 22.4 Å². The minimum Gasteiger partial charge on any atom is -0.268 e. The Morgan fingerprint density at radius 2 is 1.74 bits per heavy atom. The highest BCUT2D eigenvalue weighted by molar-refractivity contribution is 7.98. The number of para-hydroxylation sites is 2. The summed E-state index contributed by atoms with van der Waals surface area (Å²) in [6.07, 6.45) is 1.95. The smallest absolute Gasteiger partial charge is 0.267 e. The monoisotopic (exact) mass is 322 g/mol. The molecular formula is C17H14N4OS. The van der Waals surface area contributed by atoms with Gasteiger partial charge in [-0.2, -0.15) is 0 Å². The van der Waals surface area contributed by atoms with Crippen molar-refractivity contribution in [2.24, 2.45) is 0 Å². The predicted molar refractivity (Wildman–Crippen MR) is 92.6 cm³/mol. The minimum atomic E-state index is -0.0811. The number of thioether (sulfide) groups is 1. The lowest BCUT2D eigenvalue weighted by atomic mass is 10.2. The third-order valence-electron chi connectivity index (χ3n) is 3.93. The van der Waals surface area contributed by atoms with Gasteiger partial charge in [0.1, 0.15) is 0 Å². The van der Waals surface area contributed by atoms with Crippen LogP contribution in [-0.4, -0.2) is 25.4 Å². The summed E-state index contributed by atoms with van der Waals surface area (Å²) >= 11 is 1.51. The topological polar surface area (TPSA) is 52.2 Å². The number of hydrogen-bond acceptors (Lipinski definition) is 4. The third kappa shape index (κ3) is 1.98. The normalized spacial score (nSPS) is 11.4. The summed E-state index contributed by atoms with van der Waals surface area (Å²) in [4.78, 5) is 13.1. The fraction of sp³-hybridized carbons (Fsp3) is 0.118. The molecule has 0 bridgehead atoms. The van der Waals surface area contributed by atoms with Crippen molar-refractivity contribution < 1.29 is 0 Å². The van der Waals surface area contributed by atoms with Gasteiger partial charge in [0.2, 0.25) is 5.78 Å². The second kappa shape index (κ2) is 5.24. The first kappa shape index (κ1) is 14.0. The highest BCUT2D eigenvalue weighted by Gasteiger charge is 2.17. The maximum atomic E-state index is 13.1. The first-order valence-electron chi connectivity index (χ1n) is 7.21. The molecule has 0 spiro atoms. The van der Waals surface area contributed by atoms with Crippen molar-refractivity contribution in [1.82, 2.24) is 19.2 Å². The zero-order valence-electron chi connectivity index (χ0n) is 12.7. The fourth-order valence-electron chi connectivity index (χ4n) is 2.84. The van der Waals surface area contributed by atoms with Gasteiger partial charge < -0.3 is 0 Å². The Labute approximate surface area is 136 Å². The van der Waals surface area contributed by atoms with Gasteiger partial charge >= 0.3 is 0 Å². The standard InChI is InChI=1S/C17H14N4OS/c1-11-7-3-5-9-13(11)20-15(22)12-8-4-6-10-14(12)21-16(20)18-19-17(21)23-2/h3-10H,1-2H3. The van der Waals surface area contributed by atoms with Crippen molar-refractivity contribution in [3.8, 4) is 5.69 Å². The summed E-state index contributed by atoms with van der Waals surface area (Å²) < 4.78 is 3.58. The molecule has 2 aromatic heterocycles. The molecule has 0 unspecified atom stereocenters. The molecule has 0 fully saturated rings. The van der Waals surface area contributed by atoms with Crippen LogP contribution in [0.4, 0.5) is 0 Å². The molecule has 2 aromatic carbocycles. The van der Waals surface area contributed by atoms with E-state index in [1.54, 1.807) is 4.57 Å². The van der Waals surface area contributed by atoms with E-state index in [4.69, 9.17) is 0 Å². The molecule has 5 nitrogen and oxygen atoms in total. The van der Waals surface area contributed by atoms with E-state index >= 15 is 0 Å². The van der Waals surface area contributed by atoms with Gasteiger partial charge in [-0.05, 0) is 36.9 Å². The molecule has 4 aromatic rings. The molecule has 2 heterocycles. The van der Waals surface area contributed by atoms with Crippen LogP contribution in [0.1, 0.15) is 5.56 Å². The number of aryl methyl sites for hydroxylation is 1. The van der Waals surface area contributed by atoms with E-state index in [9.17, 15) is 4.79 Å². The Bertz CT molecular complexity index is 1100. The summed E-state index contributed by atoms with van der Waals surface area (Å²) in [5.41, 5.74) is 2.59. The molecule has 0 radical (unpaired) electrons. The van der Waals surface area contributed by atoms with Crippen molar-refractivity contribution in [2.45, 2.75) is 12.1 Å². The molecule has 0 saturated heterocycles. The van der Waals surface area contributed by atoms with Crippen molar-refractivity contribution in [1.29, 1.82) is 0 Å². The lowest BCUT2D eigenvalue weighted by Gasteiger charge is -2.12. The second-order valence-corrected chi connectivity index (χ2v) is 6.04. The van der Waals surface area contributed by atoms with Gasteiger partial charge in [-0.15, -0.1) is 10.2 Å². The first-order chi connectivity index (χ1) is 11.2. The molecule has 0 N–H and O–H groups in total. The lowest BCUT2D eigenvalue weighted by Crippen LogP contribution is -2.22. The molecule has 0 aliphatic heterocycles. The first-order valence-corrected chi connectivity index (χ1v) is 8.43. The van der Waals surface area contributed by atoms with Crippen molar-refractivity contribution >= 4 is 28.4 Å². The van der Waals surface area contributed by atoms with E-state index in [-0.39, 0.29) is 5.56 Å². The second-order valence-electron chi connectivity index (χ2n) is 5.27. The third-order valence-corrected chi connectivity index (χ3v) is 4.56. The van der Waals surface area contributed by atoms with E-state index in [1.165, 1.54) is 11.8 Å². The van der Waals surface area contributed by atoms with Crippen LogP contribution in [0.15, 0.2) is 58.5 Å². The van der Waals surface area contributed by atoms with Gasteiger partial charge in [0, 0.05) is 0 Å². The zero-order chi connectivity index (χ0) is 16.0. The lowest BCUT2D eigenvalue weighted by molar-refractivity contribution is 0.931. The van der Waals surface area contributed by atoms with Crippen molar-refractivity contribution in [2.75, 3.05) is 6.26 Å². The minimum absolute atomic E-state index is 0.0811. The van der Waals surface area contributed by atoms with E-state index in [1.807, 2.05) is 66.1 Å². The number of fused-ring (bicyclic) bond motifs is 3. The van der Waals surface area contributed by atoms with E-state index < -0.39 is 0 Å². The van der Waals surface area contributed by atoms with Crippen LogP contribution < -0.4 is 5.56 Å². The molecule has 6 heteroatoms. The van der Waals surface area contributed by atoms with E-state index in [0.29, 0.717) is 11.2 Å². The number of nitrogens with zero attached hydrogens (tertiary/aromatic N) is 4. The van der Waals surface area contributed by atoms with Gasteiger partial charge in [-0.25, -0.2) is 4.57 Å². The van der Waals surface area contributed by atoms with Crippen molar-refractivity contribution in [3.05, 3.63) is 64.4 Å². The Balaban J connectivity index is 2.28.